The molecule has 0 fully saturated rings. The van der Waals surface area contributed by atoms with Gasteiger partial charge in [0.05, 0.1) is 16.9 Å². The van der Waals surface area contributed by atoms with Gasteiger partial charge in [-0.05, 0) is 23.3 Å². The van der Waals surface area contributed by atoms with Crippen LogP contribution in [-0.2, 0) is 28.6 Å². The predicted molar refractivity (Wildman–Crippen MR) is 91.5 cm³/mol. The van der Waals surface area contributed by atoms with E-state index in [9.17, 15) is 38.0 Å². The summed E-state index contributed by atoms with van der Waals surface area (Å²) in [6.45, 7) is 0. The first-order chi connectivity index (χ1) is 13.1. The Morgan fingerprint density at radius 1 is 1.04 bits per heavy atom. The zero-order valence-corrected chi connectivity index (χ0v) is 14.3. The highest BCUT2D eigenvalue weighted by Crippen LogP contribution is 2.29. The molecule has 0 aliphatic rings. The Bertz CT molecular complexity index is 864. The van der Waals surface area contributed by atoms with Gasteiger partial charge in [0, 0.05) is 18.6 Å². The molecule has 1 amide bonds. The van der Waals surface area contributed by atoms with Crippen molar-refractivity contribution < 1.29 is 32.8 Å². The fourth-order valence-corrected chi connectivity index (χ4v) is 2.43. The van der Waals surface area contributed by atoms with Gasteiger partial charge in [-0.15, -0.1) is 0 Å². The summed E-state index contributed by atoms with van der Waals surface area (Å²) < 4.78 is 37.6. The first-order valence-electron chi connectivity index (χ1n) is 7.98. The Kier molecular flexibility index (Phi) is 6.34. The zero-order valence-electron chi connectivity index (χ0n) is 14.3. The number of nitro benzene ring substituents is 1. The highest BCUT2D eigenvalue weighted by Gasteiger charge is 2.30. The van der Waals surface area contributed by atoms with Gasteiger partial charge in [0.2, 0.25) is 5.91 Å². The standard InChI is InChI=1S/C18H15F3N2O5/c19-18(20,21)13-5-1-12(2-6-13)10-16(24)22-15(17(25)26)9-11-3-7-14(8-4-11)23(27)28/h1-8,15H,9-10H2,(H,22,24)(H,25,26)/t15-/m0/s1. The molecular weight excluding hydrogens is 381 g/mol. The average Bonchev–Trinajstić information content (AvgIpc) is 2.61. The number of nitrogens with one attached hydrogen (secondary N) is 1. The molecule has 0 saturated carbocycles. The molecule has 0 aromatic heterocycles. The summed E-state index contributed by atoms with van der Waals surface area (Å²) in [6.07, 6.45) is -4.88. The Balaban J connectivity index is 2.00. The van der Waals surface area contributed by atoms with Crippen LogP contribution >= 0.6 is 0 Å². The molecule has 0 unspecified atom stereocenters. The fourth-order valence-electron chi connectivity index (χ4n) is 2.43. The van der Waals surface area contributed by atoms with E-state index in [-0.39, 0.29) is 18.5 Å². The number of nitro groups is 1. The van der Waals surface area contributed by atoms with Gasteiger partial charge in [-0.25, -0.2) is 4.79 Å². The van der Waals surface area contributed by atoms with E-state index in [2.05, 4.69) is 5.32 Å². The maximum Gasteiger partial charge on any atom is 0.416 e. The maximum atomic E-state index is 12.5. The number of nitrogens with zero attached hydrogens (tertiary/aromatic N) is 1. The van der Waals surface area contributed by atoms with E-state index in [0.29, 0.717) is 11.1 Å². The van der Waals surface area contributed by atoms with E-state index >= 15 is 0 Å². The van der Waals surface area contributed by atoms with Gasteiger partial charge in [0.1, 0.15) is 6.04 Å². The molecule has 2 N–H and O–H groups in total. The number of benzene rings is 2. The predicted octanol–water partition coefficient (Wildman–Crippen LogP) is 2.97. The second kappa shape index (κ2) is 8.51. The van der Waals surface area contributed by atoms with Gasteiger partial charge in [0.15, 0.2) is 0 Å². The van der Waals surface area contributed by atoms with E-state index in [1.165, 1.54) is 24.3 Å². The summed E-state index contributed by atoms with van der Waals surface area (Å²) in [5.41, 5.74) is -0.238. The van der Waals surface area contributed by atoms with Crippen LogP contribution in [0.1, 0.15) is 16.7 Å². The van der Waals surface area contributed by atoms with Crippen LogP contribution in [0.5, 0.6) is 0 Å². The highest BCUT2D eigenvalue weighted by atomic mass is 19.4. The van der Waals surface area contributed by atoms with Crippen LogP contribution in [0.3, 0.4) is 0 Å². The minimum Gasteiger partial charge on any atom is -0.480 e. The van der Waals surface area contributed by atoms with Crippen molar-refractivity contribution in [2.45, 2.75) is 25.1 Å². The SMILES string of the molecule is O=C(Cc1ccc(C(F)(F)F)cc1)N[C@@H](Cc1ccc([N+](=O)[O-])cc1)C(=O)O. The number of carboxylic acids is 1. The zero-order chi connectivity index (χ0) is 20.9. The molecule has 148 valence electrons. The first kappa shape index (κ1) is 20.9. The number of halogens is 3. The molecule has 7 nitrogen and oxygen atoms in total. The van der Waals surface area contributed by atoms with Gasteiger partial charge < -0.3 is 10.4 Å². The van der Waals surface area contributed by atoms with Gasteiger partial charge >= 0.3 is 12.1 Å². The summed E-state index contributed by atoms with van der Waals surface area (Å²) >= 11 is 0. The number of carbonyl (C=O) groups excluding carboxylic acids is 1. The summed E-state index contributed by atoms with van der Waals surface area (Å²) in [6, 6.07) is 7.90. The maximum absolute atomic E-state index is 12.5. The molecule has 10 heteroatoms. The van der Waals surface area contributed by atoms with Crippen molar-refractivity contribution in [2.24, 2.45) is 0 Å². The number of carbonyl (C=O) groups is 2. The molecule has 28 heavy (non-hydrogen) atoms. The molecule has 0 bridgehead atoms. The molecule has 0 aliphatic heterocycles. The van der Waals surface area contributed by atoms with Crippen molar-refractivity contribution in [3.8, 4) is 0 Å². The Labute approximate surface area is 156 Å². The highest BCUT2D eigenvalue weighted by molar-refractivity contribution is 5.85. The van der Waals surface area contributed by atoms with Crippen molar-refractivity contribution in [2.75, 3.05) is 0 Å². The lowest BCUT2D eigenvalue weighted by Gasteiger charge is -2.15. The third-order valence-electron chi connectivity index (χ3n) is 3.87. The second-order valence-corrected chi connectivity index (χ2v) is 5.96. The molecule has 0 saturated heterocycles. The fraction of sp³-hybridized carbons (Fsp3) is 0.222. The minimum absolute atomic E-state index is 0.105. The van der Waals surface area contributed by atoms with E-state index < -0.39 is 34.6 Å². The molecule has 2 rings (SSSR count). The van der Waals surface area contributed by atoms with Gasteiger partial charge in [-0.3, -0.25) is 14.9 Å². The van der Waals surface area contributed by atoms with Crippen molar-refractivity contribution in [1.82, 2.24) is 5.32 Å². The largest absolute Gasteiger partial charge is 0.480 e. The van der Waals surface area contributed by atoms with Crippen molar-refractivity contribution in [3.05, 3.63) is 75.3 Å². The van der Waals surface area contributed by atoms with Crippen LogP contribution in [0.15, 0.2) is 48.5 Å². The summed E-state index contributed by atoms with van der Waals surface area (Å²) in [4.78, 5) is 33.5. The van der Waals surface area contributed by atoms with Gasteiger partial charge in [-0.1, -0.05) is 24.3 Å². The molecular formula is C18H15F3N2O5. The molecule has 2 aromatic carbocycles. The van der Waals surface area contributed by atoms with E-state index in [0.717, 1.165) is 24.3 Å². The summed E-state index contributed by atoms with van der Waals surface area (Å²) in [7, 11) is 0. The van der Waals surface area contributed by atoms with Crippen LogP contribution in [0, 0.1) is 10.1 Å². The van der Waals surface area contributed by atoms with Crippen LogP contribution in [0.2, 0.25) is 0 Å². The lowest BCUT2D eigenvalue weighted by molar-refractivity contribution is -0.384. The number of hydrogen-bond acceptors (Lipinski definition) is 4. The Hall–Kier alpha value is -3.43. The van der Waals surface area contributed by atoms with Crippen LogP contribution in [0.4, 0.5) is 18.9 Å². The van der Waals surface area contributed by atoms with Crippen molar-refractivity contribution >= 4 is 17.6 Å². The third-order valence-corrected chi connectivity index (χ3v) is 3.87. The molecule has 2 aromatic rings. The summed E-state index contributed by atoms with van der Waals surface area (Å²) in [5, 5.41) is 22.2. The lowest BCUT2D eigenvalue weighted by Crippen LogP contribution is -2.43. The van der Waals surface area contributed by atoms with Crippen LogP contribution < -0.4 is 5.32 Å². The Morgan fingerprint density at radius 3 is 2.04 bits per heavy atom. The smallest absolute Gasteiger partial charge is 0.416 e. The van der Waals surface area contributed by atoms with E-state index in [4.69, 9.17) is 0 Å². The molecule has 1 atom stereocenters. The molecule has 0 spiro atoms. The first-order valence-corrected chi connectivity index (χ1v) is 7.98. The normalized spacial score (nSPS) is 12.2. The second-order valence-electron chi connectivity index (χ2n) is 5.96. The average molecular weight is 396 g/mol. The number of rotatable bonds is 7. The van der Waals surface area contributed by atoms with Crippen LogP contribution in [-0.4, -0.2) is 27.9 Å². The number of aliphatic carboxylic acids is 1. The van der Waals surface area contributed by atoms with E-state index in [1.807, 2.05) is 0 Å². The monoisotopic (exact) mass is 396 g/mol. The number of alkyl halides is 3. The molecule has 0 heterocycles. The van der Waals surface area contributed by atoms with Gasteiger partial charge in [0.25, 0.3) is 5.69 Å². The minimum atomic E-state index is -4.49. The molecule has 0 radical (unpaired) electrons. The quantitative estimate of drug-likeness (QED) is 0.552. The number of carboxylic acid groups (broad SMARTS) is 1. The number of hydrogen-bond donors (Lipinski definition) is 2. The number of non-ortho nitro benzene ring substituents is 1. The molecule has 0 aliphatic carbocycles. The number of amides is 1. The lowest BCUT2D eigenvalue weighted by atomic mass is 10.0. The van der Waals surface area contributed by atoms with Crippen molar-refractivity contribution in [1.29, 1.82) is 0 Å². The van der Waals surface area contributed by atoms with Crippen molar-refractivity contribution in [3.63, 3.8) is 0 Å². The topological polar surface area (TPSA) is 110 Å². The third kappa shape index (κ3) is 5.79. The summed E-state index contributed by atoms with van der Waals surface area (Å²) in [5.74, 6) is -1.98. The van der Waals surface area contributed by atoms with Gasteiger partial charge in [-0.2, -0.15) is 13.2 Å². The van der Waals surface area contributed by atoms with Crippen LogP contribution in [0.25, 0.3) is 0 Å². The Morgan fingerprint density at radius 2 is 1.57 bits per heavy atom. The van der Waals surface area contributed by atoms with E-state index in [1.54, 1.807) is 0 Å².